The summed E-state index contributed by atoms with van der Waals surface area (Å²) < 4.78 is 7.22. The lowest BCUT2D eigenvalue weighted by molar-refractivity contribution is 0.409. The fraction of sp³-hybridized carbons (Fsp3) is 0.357. The summed E-state index contributed by atoms with van der Waals surface area (Å²) in [6.07, 6.45) is 2.87. The highest BCUT2D eigenvalue weighted by atomic mass is 79.9. The van der Waals surface area contributed by atoms with Crippen LogP contribution in [-0.4, -0.2) is 12.1 Å². The second kappa shape index (κ2) is 7.54. The van der Waals surface area contributed by atoms with Gasteiger partial charge in [0.25, 0.3) is 0 Å². The number of benzene rings is 1. The smallest absolute Gasteiger partial charge is 0.147 e. The number of nitrogens with zero attached hydrogens (tertiary/aromatic N) is 1. The Hall–Kier alpha value is -0.430. The summed E-state index contributed by atoms with van der Waals surface area (Å²) in [7, 11) is 1.67. The van der Waals surface area contributed by atoms with E-state index in [0.717, 1.165) is 32.7 Å². The van der Waals surface area contributed by atoms with Crippen LogP contribution in [0.5, 0.6) is 5.75 Å². The summed E-state index contributed by atoms with van der Waals surface area (Å²) in [6, 6.07) is 4.45. The highest BCUT2D eigenvalue weighted by Crippen LogP contribution is 2.34. The topological polar surface area (TPSA) is 34.1 Å². The predicted octanol–water partition coefficient (Wildman–Crippen LogP) is 4.92. The SMILES string of the molecule is CCC(NCc1cc(Br)c(OC)c(Br)c1)c1nccs1. The number of methoxy groups -OCH3 is 1. The molecule has 1 N–H and O–H groups in total. The maximum atomic E-state index is 5.31. The molecular formula is C14H16Br2N2OS. The minimum absolute atomic E-state index is 0.301. The van der Waals surface area contributed by atoms with E-state index in [-0.39, 0.29) is 0 Å². The molecule has 108 valence electrons. The van der Waals surface area contributed by atoms with E-state index in [0.29, 0.717) is 6.04 Å². The summed E-state index contributed by atoms with van der Waals surface area (Å²) in [4.78, 5) is 4.38. The first-order valence-corrected chi connectivity index (χ1v) is 8.77. The Balaban J connectivity index is 2.07. The van der Waals surface area contributed by atoms with Gasteiger partial charge in [-0.3, -0.25) is 0 Å². The molecule has 0 radical (unpaired) electrons. The van der Waals surface area contributed by atoms with Crippen molar-refractivity contribution in [2.45, 2.75) is 25.9 Å². The molecule has 0 amide bonds. The molecule has 1 unspecified atom stereocenters. The van der Waals surface area contributed by atoms with E-state index in [1.807, 2.05) is 11.6 Å². The molecule has 1 aromatic heterocycles. The molecule has 1 aromatic carbocycles. The molecule has 6 heteroatoms. The molecule has 2 rings (SSSR count). The van der Waals surface area contributed by atoms with Gasteiger partial charge in [0.1, 0.15) is 10.8 Å². The Morgan fingerprint density at radius 1 is 1.35 bits per heavy atom. The van der Waals surface area contributed by atoms with Crippen molar-refractivity contribution in [3.63, 3.8) is 0 Å². The van der Waals surface area contributed by atoms with Crippen LogP contribution in [0.15, 0.2) is 32.7 Å². The van der Waals surface area contributed by atoms with Crippen LogP contribution in [-0.2, 0) is 6.54 Å². The van der Waals surface area contributed by atoms with Gasteiger partial charge in [-0.15, -0.1) is 11.3 Å². The molecule has 0 fully saturated rings. The van der Waals surface area contributed by atoms with Crippen LogP contribution in [0.3, 0.4) is 0 Å². The van der Waals surface area contributed by atoms with E-state index < -0.39 is 0 Å². The van der Waals surface area contributed by atoms with Crippen molar-refractivity contribution in [1.82, 2.24) is 10.3 Å². The summed E-state index contributed by atoms with van der Waals surface area (Å²) in [5, 5.41) is 6.70. The molecule has 0 aliphatic rings. The lowest BCUT2D eigenvalue weighted by Crippen LogP contribution is -2.20. The third-order valence-electron chi connectivity index (χ3n) is 2.97. The van der Waals surface area contributed by atoms with Gasteiger partial charge in [-0.1, -0.05) is 6.92 Å². The van der Waals surface area contributed by atoms with E-state index >= 15 is 0 Å². The molecular weight excluding hydrogens is 404 g/mol. The minimum Gasteiger partial charge on any atom is -0.494 e. The molecule has 1 atom stereocenters. The lowest BCUT2D eigenvalue weighted by Gasteiger charge is -2.15. The van der Waals surface area contributed by atoms with Crippen LogP contribution in [0, 0.1) is 0 Å². The van der Waals surface area contributed by atoms with E-state index in [2.05, 4.69) is 61.2 Å². The van der Waals surface area contributed by atoms with Crippen LogP contribution in [0.4, 0.5) is 0 Å². The first-order chi connectivity index (χ1) is 9.65. The maximum Gasteiger partial charge on any atom is 0.147 e. The third kappa shape index (κ3) is 3.81. The molecule has 1 heterocycles. The van der Waals surface area contributed by atoms with Gasteiger partial charge in [0.2, 0.25) is 0 Å². The van der Waals surface area contributed by atoms with Crippen molar-refractivity contribution >= 4 is 43.2 Å². The molecule has 3 nitrogen and oxygen atoms in total. The van der Waals surface area contributed by atoms with Crippen molar-refractivity contribution in [3.8, 4) is 5.75 Å². The number of aromatic nitrogens is 1. The zero-order valence-corrected chi connectivity index (χ0v) is 15.3. The largest absolute Gasteiger partial charge is 0.494 e. The van der Waals surface area contributed by atoms with Crippen LogP contribution < -0.4 is 10.1 Å². The van der Waals surface area contributed by atoms with Crippen LogP contribution in [0.1, 0.15) is 30.0 Å². The maximum absolute atomic E-state index is 5.31. The highest BCUT2D eigenvalue weighted by molar-refractivity contribution is 9.11. The van der Waals surface area contributed by atoms with E-state index in [1.165, 1.54) is 5.56 Å². The number of thiazole rings is 1. The first-order valence-electron chi connectivity index (χ1n) is 6.30. The number of hydrogen-bond donors (Lipinski definition) is 1. The number of nitrogens with one attached hydrogen (secondary N) is 1. The average Bonchev–Trinajstić information content (AvgIpc) is 2.93. The fourth-order valence-electron chi connectivity index (χ4n) is 1.96. The Labute approximate surface area is 140 Å². The van der Waals surface area contributed by atoms with Gasteiger partial charge < -0.3 is 10.1 Å². The number of hydrogen-bond acceptors (Lipinski definition) is 4. The fourth-order valence-corrected chi connectivity index (χ4v) is 4.37. The molecule has 0 bridgehead atoms. The van der Waals surface area contributed by atoms with Crippen LogP contribution >= 0.6 is 43.2 Å². The number of halogens is 2. The average molecular weight is 420 g/mol. The number of ether oxygens (including phenoxy) is 1. The second-order valence-electron chi connectivity index (χ2n) is 4.30. The normalized spacial score (nSPS) is 12.4. The zero-order valence-electron chi connectivity index (χ0n) is 11.3. The number of rotatable bonds is 6. The molecule has 0 saturated heterocycles. The van der Waals surface area contributed by atoms with Crippen molar-refractivity contribution in [1.29, 1.82) is 0 Å². The van der Waals surface area contributed by atoms with E-state index in [4.69, 9.17) is 4.74 Å². The van der Waals surface area contributed by atoms with Crippen molar-refractivity contribution in [3.05, 3.63) is 43.2 Å². The minimum atomic E-state index is 0.301. The lowest BCUT2D eigenvalue weighted by atomic mass is 10.2. The monoisotopic (exact) mass is 418 g/mol. The summed E-state index contributed by atoms with van der Waals surface area (Å²) >= 11 is 8.75. The van der Waals surface area contributed by atoms with Crippen LogP contribution in [0.2, 0.25) is 0 Å². The Morgan fingerprint density at radius 2 is 2.05 bits per heavy atom. The Kier molecular flexibility index (Phi) is 6.01. The first kappa shape index (κ1) is 15.9. The Morgan fingerprint density at radius 3 is 2.55 bits per heavy atom. The van der Waals surface area contributed by atoms with Gasteiger partial charge in [0.05, 0.1) is 22.1 Å². The van der Waals surface area contributed by atoms with Crippen LogP contribution in [0.25, 0.3) is 0 Å². The molecule has 0 saturated carbocycles. The van der Waals surface area contributed by atoms with Gasteiger partial charge in [-0.2, -0.15) is 0 Å². The third-order valence-corrected chi connectivity index (χ3v) is 5.04. The molecule has 0 spiro atoms. The summed E-state index contributed by atoms with van der Waals surface area (Å²) in [6.45, 7) is 2.96. The van der Waals surface area contributed by atoms with Gasteiger partial charge in [-0.25, -0.2) is 4.98 Å². The van der Waals surface area contributed by atoms with E-state index in [9.17, 15) is 0 Å². The van der Waals surface area contributed by atoms with Crippen molar-refractivity contribution < 1.29 is 4.74 Å². The highest BCUT2D eigenvalue weighted by Gasteiger charge is 2.12. The quantitative estimate of drug-likeness (QED) is 0.721. The standard InChI is InChI=1S/C14H16Br2N2OS/c1-3-12(14-17-4-5-20-14)18-8-9-6-10(15)13(19-2)11(16)7-9/h4-7,12,18H,3,8H2,1-2H3. The summed E-state index contributed by atoms with van der Waals surface area (Å²) in [5.74, 6) is 0.820. The molecule has 2 aromatic rings. The second-order valence-corrected chi connectivity index (χ2v) is 6.94. The molecule has 20 heavy (non-hydrogen) atoms. The van der Waals surface area contributed by atoms with Gasteiger partial charge in [0.15, 0.2) is 0 Å². The molecule has 0 aliphatic carbocycles. The van der Waals surface area contributed by atoms with Gasteiger partial charge in [-0.05, 0) is 56.0 Å². The van der Waals surface area contributed by atoms with Crippen molar-refractivity contribution in [2.75, 3.05) is 7.11 Å². The zero-order chi connectivity index (χ0) is 14.5. The Bertz CT molecular complexity index is 537. The molecule has 0 aliphatic heterocycles. The summed E-state index contributed by atoms with van der Waals surface area (Å²) in [5.41, 5.74) is 1.19. The van der Waals surface area contributed by atoms with E-state index in [1.54, 1.807) is 18.4 Å². The van der Waals surface area contributed by atoms with Gasteiger partial charge in [0, 0.05) is 18.1 Å². The predicted molar refractivity (Wildman–Crippen MR) is 90.4 cm³/mol. The van der Waals surface area contributed by atoms with Crippen molar-refractivity contribution in [2.24, 2.45) is 0 Å². The van der Waals surface area contributed by atoms with Gasteiger partial charge >= 0.3 is 0 Å².